The van der Waals surface area contributed by atoms with Crippen molar-refractivity contribution in [3.05, 3.63) is 113 Å². The van der Waals surface area contributed by atoms with Gasteiger partial charge >= 0.3 is 0 Å². The largest absolute Gasteiger partial charge is 0.484 e. The van der Waals surface area contributed by atoms with Gasteiger partial charge in [0.25, 0.3) is 5.91 Å². The zero-order chi connectivity index (χ0) is 25.4. The Morgan fingerprint density at radius 1 is 0.865 bits per heavy atom. The summed E-state index contributed by atoms with van der Waals surface area (Å²) in [7, 11) is 0. The molecule has 3 aromatic carbocycles. The van der Waals surface area contributed by atoms with E-state index < -0.39 is 0 Å². The lowest BCUT2D eigenvalue weighted by atomic mass is 9.97. The molecule has 7 heteroatoms. The van der Waals surface area contributed by atoms with Crippen LogP contribution in [0.4, 0.5) is 5.69 Å². The number of para-hydroxylation sites is 2. The van der Waals surface area contributed by atoms with Gasteiger partial charge in [-0.15, -0.1) is 0 Å². The molecule has 6 rings (SSSR count). The minimum Gasteiger partial charge on any atom is -0.484 e. The number of aromatic nitrogens is 1. The van der Waals surface area contributed by atoms with Crippen molar-refractivity contribution in [2.75, 3.05) is 18.1 Å². The Kier molecular flexibility index (Phi) is 6.18. The van der Waals surface area contributed by atoms with Gasteiger partial charge < -0.3 is 14.2 Å². The first kappa shape index (κ1) is 23.4. The second-order valence-corrected chi connectivity index (χ2v) is 9.80. The van der Waals surface area contributed by atoms with Crippen LogP contribution in [0.2, 0.25) is 5.02 Å². The quantitative estimate of drug-likeness (QED) is 0.323. The van der Waals surface area contributed by atoms with E-state index >= 15 is 0 Å². The number of amides is 2. The second kappa shape index (κ2) is 9.79. The van der Waals surface area contributed by atoms with E-state index in [9.17, 15) is 9.59 Å². The molecule has 6 nitrogen and oxygen atoms in total. The van der Waals surface area contributed by atoms with Gasteiger partial charge in [-0.1, -0.05) is 54.1 Å². The molecule has 0 bridgehead atoms. The highest BCUT2D eigenvalue weighted by Gasteiger charge is 2.40. The molecule has 2 amide bonds. The number of rotatable bonds is 7. The molecule has 186 valence electrons. The highest BCUT2D eigenvalue weighted by Crippen LogP contribution is 2.42. The molecular weight excluding hydrogens is 486 g/mol. The molecule has 1 aliphatic carbocycles. The molecule has 0 saturated heterocycles. The van der Waals surface area contributed by atoms with Crippen LogP contribution in [-0.2, 0) is 9.59 Å². The van der Waals surface area contributed by atoms with Gasteiger partial charge in [0.1, 0.15) is 18.3 Å². The Labute approximate surface area is 220 Å². The molecule has 1 aliphatic heterocycles. The molecular formula is C30H26ClN3O3. The number of hydrogen-bond acceptors (Lipinski definition) is 3. The minimum atomic E-state index is -0.305. The molecule has 1 fully saturated rings. The molecule has 2 heterocycles. The van der Waals surface area contributed by atoms with E-state index in [1.807, 2.05) is 71.8 Å². The maximum absolute atomic E-state index is 14.1. The number of carbonyl (C=O) groups is 2. The van der Waals surface area contributed by atoms with Crippen molar-refractivity contribution >= 4 is 29.1 Å². The zero-order valence-electron chi connectivity index (χ0n) is 20.2. The Hall–Kier alpha value is -4.03. The van der Waals surface area contributed by atoms with Crippen LogP contribution in [0.5, 0.6) is 5.75 Å². The Balaban J connectivity index is 1.29. The fraction of sp³-hybridized carbons (Fsp3) is 0.200. The van der Waals surface area contributed by atoms with Gasteiger partial charge in [-0.3, -0.25) is 14.5 Å². The lowest BCUT2D eigenvalue weighted by molar-refractivity contribution is -0.137. The minimum absolute atomic E-state index is 0.00808. The number of ether oxygens (including phenoxy) is 1. The molecule has 4 aromatic rings. The molecule has 2 aliphatic rings. The third-order valence-electron chi connectivity index (χ3n) is 6.89. The van der Waals surface area contributed by atoms with Gasteiger partial charge in [-0.05, 0) is 66.9 Å². The standard InChI is InChI=1S/C30H26ClN3O3/c31-22-12-16-24(17-13-22)37-20-29(36)33(23-14-15-23)19-28(35)34-26-10-5-4-9-25(26)32-18-6-11-27(32)30(34)21-7-2-1-3-8-21/h1-13,16-18,23,30H,14-15,19-20H2. The normalized spacial score (nSPS) is 16.0. The van der Waals surface area contributed by atoms with Gasteiger partial charge in [-0.25, -0.2) is 0 Å². The summed E-state index contributed by atoms with van der Waals surface area (Å²) in [5.41, 5.74) is 3.79. The lowest BCUT2D eigenvalue weighted by Crippen LogP contribution is -2.48. The van der Waals surface area contributed by atoms with Gasteiger partial charge in [0.15, 0.2) is 6.61 Å². The van der Waals surface area contributed by atoms with E-state index in [2.05, 4.69) is 10.6 Å². The second-order valence-electron chi connectivity index (χ2n) is 9.36. The number of hydrogen-bond donors (Lipinski definition) is 0. The summed E-state index contributed by atoms with van der Waals surface area (Å²) >= 11 is 5.95. The van der Waals surface area contributed by atoms with Crippen LogP contribution in [0.25, 0.3) is 5.69 Å². The molecule has 0 N–H and O–H groups in total. The van der Waals surface area contributed by atoms with E-state index in [0.29, 0.717) is 10.8 Å². The fourth-order valence-corrected chi connectivity index (χ4v) is 5.13. The first-order chi connectivity index (χ1) is 18.1. The molecule has 1 unspecified atom stereocenters. The Bertz CT molecular complexity index is 1430. The van der Waals surface area contributed by atoms with Crippen molar-refractivity contribution in [1.29, 1.82) is 0 Å². The van der Waals surface area contributed by atoms with Crippen molar-refractivity contribution in [1.82, 2.24) is 9.47 Å². The topological polar surface area (TPSA) is 54.8 Å². The summed E-state index contributed by atoms with van der Waals surface area (Å²) in [4.78, 5) is 30.9. The number of nitrogens with zero attached hydrogens (tertiary/aromatic N) is 3. The lowest BCUT2D eigenvalue weighted by Gasteiger charge is -2.39. The average Bonchev–Trinajstić information content (AvgIpc) is 3.65. The molecule has 0 radical (unpaired) electrons. The molecule has 37 heavy (non-hydrogen) atoms. The summed E-state index contributed by atoms with van der Waals surface area (Å²) in [5, 5.41) is 0.602. The van der Waals surface area contributed by atoms with Crippen molar-refractivity contribution in [3.63, 3.8) is 0 Å². The molecule has 1 atom stereocenters. The number of carbonyl (C=O) groups excluding carboxylic acids is 2. The van der Waals surface area contributed by atoms with Gasteiger partial charge in [0, 0.05) is 17.3 Å². The van der Waals surface area contributed by atoms with Crippen molar-refractivity contribution < 1.29 is 14.3 Å². The van der Waals surface area contributed by atoms with Crippen LogP contribution < -0.4 is 9.64 Å². The van der Waals surface area contributed by atoms with Gasteiger partial charge in [0.05, 0.1) is 17.1 Å². The zero-order valence-corrected chi connectivity index (χ0v) is 20.9. The van der Waals surface area contributed by atoms with E-state index in [0.717, 1.165) is 35.5 Å². The first-order valence-corrected chi connectivity index (χ1v) is 12.8. The van der Waals surface area contributed by atoms with Gasteiger partial charge in [0.2, 0.25) is 5.91 Å². The van der Waals surface area contributed by atoms with Crippen LogP contribution >= 0.6 is 11.6 Å². The Morgan fingerprint density at radius 2 is 1.57 bits per heavy atom. The average molecular weight is 512 g/mol. The maximum atomic E-state index is 14.1. The van der Waals surface area contributed by atoms with Crippen LogP contribution in [0.15, 0.2) is 97.2 Å². The smallest absolute Gasteiger partial charge is 0.261 e. The predicted octanol–water partition coefficient (Wildman–Crippen LogP) is 5.64. The molecule has 1 aromatic heterocycles. The van der Waals surface area contributed by atoms with Crippen LogP contribution in [0.1, 0.15) is 30.1 Å². The number of anilines is 1. The van der Waals surface area contributed by atoms with Crippen LogP contribution in [-0.4, -0.2) is 40.5 Å². The molecule has 1 saturated carbocycles. The van der Waals surface area contributed by atoms with E-state index in [-0.39, 0.29) is 37.0 Å². The van der Waals surface area contributed by atoms with E-state index in [1.165, 1.54) is 0 Å². The SMILES string of the molecule is O=C(COc1ccc(Cl)cc1)N(CC(=O)N1c2ccccc2-n2cccc2C1c1ccccc1)C1CC1. The van der Waals surface area contributed by atoms with Gasteiger partial charge in [-0.2, -0.15) is 0 Å². The van der Waals surface area contributed by atoms with Crippen molar-refractivity contribution in [2.45, 2.75) is 24.9 Å². The highest BCUT2D eigenvalue weighted by atomic mass is 35.5. The highest BCUT2D eigenvalue weighted by molar-refractivity contribution is 6.30. The number of halogens is 1. The van der Waals surface area contributed by atoms with Crippen LogP contribution in [0, 0.1) is 0 Å². The summed E-state index contributed by atoms with van der Waals surface area (Å²) < 4.78 is 7.85. The van der Waals surface area contributed by atoms with Crippen molar-refractivity contribution in [2.24, 2.45) is 0 Å². The third-order valence-corrected chi connectivity index (χ3v) is 7.14. The first-order valence-electron chi connectivity index (χ1n) is 12.4. The maximum Gasteiger partial charge on any atom is 0.261 e. The monoisotopic (exact) mass is 511 g/mol. The van der Waals surface area contributed by atoms with Crippen LogP contribution in [0.3, 0.4) is 0 Å². The van der Waals surface area contributed by atoms with E-state index in [1.54, 1.807) is 29.2 Å². The summed E-state index contributed by atoms with van der Waals surface area (Å²) in [6.07, 6.45) is 3.81. The Morgan fingerprint density at radius 3 is 2.30 bits per heavy atom. The number of benzene rings is 3. The number of fused-ring (bicyclic) bond motifs is 3. The third kappa shape index (κ3) is 4.60. The van der Waals surface area contributed by atoms with Crippen molar-refractivity contribution in [3.8, 4) is 11.4 Å². The fourth-order valence-electron chi connectivity index (χ4n) is 5.00. The summed E-state index contributed by atoms with van der Waals surface area (Å²) in [6.45, 7) is -0.140. The summed E-state index contributed by atoms with van der Waals surface area (Å²) in [5.74, 6) is 0.242. The summed E-state index contributed by atoms with van der Waals surface area (Å²) in [6, 6.07) is 28.6. The molecule has 0 spiro atoms. The van der Waals surface area contributed by atoms with E-state index in [4.69, 9.17) is 16.3 Å². The predicted molar refractivity (Wildman–Crippen MR) is 143 cm³/mol.